The number of hydrogen-bond acceptors (Lipinski definition) is 4. The van der Waals surface area contributed by atoms with Gasteiger partial charge in [-0.3, -0.25) is 4.79 Å². The molecule has 23 heavy (non-hydrogen) atoms. The molecule has 1 N–H and O–H groups in total. The van der Waals surface area contributed by atoms with Gasteiger partial charge in [-0.1, -0.05) is 13.3 Å². The minimum absolute atomic E-state index is 0.165. The zero-order chi connectivity index (χ0) is 16.8. The predicted molar refractivity (Wildman–Crippen MR) is 84.5 cm³/mol. The van der Waals surface area contributed by atoms with E-state index in [1.54, 1.807) is 0 Å². The maximum atomic E-state index is 13.1. The molecule has 0 bridgehead atoms. The number of amides is 1. The average molecular weight is 320 g/mol. The monoisotopic (exact) mass is 320 g/mol. The summed E-state index contributed by atoms with van der Waals surface area (Å²) in [5.41, 5.74) is 0.403. The topological polar surface area (TPSA) is 58.1 Å². The van der Waals surface area contributed by atoms with E-state index in [1.807, 2.05) is 11.9 Å². The number of halogens is 2. The Bertz CT molecular complexity index is 676. The Morgan fingerprint density at radius 2 is 1.91 bits per heavy atom. The molecule has 0 atom stereocenters. The first-order valence-electron chi connectivity index (χ1n) is 7.31. The summed E-state index contributed by atoms with van der Waals surface area (Å²) >= 11 is 0. The van der Waals surface area contributed by atoms with E-state index in [2.05, 4.69) is 22.2 Å². The molecule has 1 aromatic heterocycles. The standard InChI is InChI=1S/C16H18F2N4O/c1-3-4-7-22(2)16-19-9-11(10-20-16)15(23)21-12-5-6-13(17)14(18)8-12/h5-6,8-10H,3-4,7H2,1-2H3,(H,21,23). The van der Waals surface area contributed by atoms with Gasteiger partial charge in [0.1, 0.15) is 0 Å². The fraction of sp³-hybridized carbons (Fsp3) is 0.312. The Hall–Kier alpha value is -2.57. The van der Waals surface area contributed by atoms with Crippen molar-refractivity contribution in [3.63, 3.8) is 0 Å². The molecule has 7 heteroatoms. The predicted octanol–water partition coefficient (Wildman–Crippen LogP) is 3.24. The molecule has 0 fully saturated rings. The molecule has 122 valence electrons. The van der Waals surface area contributed by atoms with Gasteiger partial charge in [0, 0.05) is 37.7 Å². The number of carbonyl (C=O) groups is 1. The van der Waals surface area contributed by atoms with Crippen molar-refractivity contribution in [1.29, 1.82) is 0 Å². The van der Waals surface area contributed by atoms with Crippen LogP contribution >= 0.6 is 0 Å². The number of carbonyl (C=O) groups excluding carboxylic acids is 1. The number of hydrogen-bond donors (Lipinski definition) is 1. The molecule has 2 aromatic rings. The lowest BCUT2D eigenvalue weighted by Gasteiger charge is -2.16. The van der Waals surface area contributed by atoms with Crippen molar-refractivity contribution in [3.05, 3.63) is 47.8 Å². The lowest BCUT2D eigenvalue weighted by atomic mass is 10.2. The Balaban J connectivity index is 2.03. The van der Waals surface area contributed by atoms with Crippen LogP contribution in [-0.2, 0) is 0 Å². The van der Waals surface area contributed by atoms with Crippen LogP contribution < -0.4 is 10.2 Å². The molecule has 1 aromatic carbocycles. The maximum Gasteiger partial charge on any atom is 0.258 e. The summed E-state index contributed by atoms with van der Waals surface area (Å²) in [4.78, 5) is 22.2. The van der Waals surface area contributed by atoms with Crippen molar-refractivity contribution in [3.8, 4) is 0 Å². The van der Waals surface area contributed by atoms with Gasteiger partial charge in [0.25, 0.3) is 5.91 Å². The van der Waals surface area contributed by atoms with Crippen LogP contribution in [0.1, 0.15) is 30.1 Å². The minimum atomic E-state index is -1.02. The summed E-state index contributed by atoms with van der Waals surface area (Å²) in [6, 6.07) is 3.15. The Morgan fingerprint density at radius 1 is 1.22 bits per heavy atom. The number of aromatic nitrogens is 2. The van der Waals surface area contributed by atoms with E-state index >= 15 is 0 Å². The van der Waals surface area contributed by atoms with Gasteiger partial charge in [-0.2, -0.15) is 0 Å². The highest BCUT2D eigenvalue weighted by atomic mass is 19.2. The Kier molecular flexibility index (Phi) is 5.56. The summed E-state index contributed by atoms with van der Waals surface area (Å²) in [6.45, 7) is 2.93. The minimum Gasteiger partial charge on any atom is -0.344 e. The number of nitrogens with zero attached hydrogens (tertiary/aromatic N) is 3. The van der Waals surface area contributed by atoms with Crippen LogP contribution in [0.5, 0.6) is 0 Å². The highest BCUT2D eigenvalue weighted by Gasteiger charge is 2.11. The molecule has 0 saturated heterocycles. The number of nitrogens with one attached hydrogen (secondary N) is 1. The van der Waals surface area contributed by atoms with Gasteiger partial charge in [0.15, 0.2) is 11.6 Å². The van der Waals surface area contributed by atoms with E-state index in [1.165, 1.54) is 18.5 Å². The highest BCUT2D eigenvalue weighted by Crippen LogP contribution is 2.14. The van der Waals surface area contributed by atoms with E-state index < -0.39 is 17.5 Å². The second kappa shape index (κ2) is 7.62. The average Bonchev–Trinajstić information content (AvgIpc) is 2.56. The highest BCUT2D eigenvalue weighted by molar-refractivity contribution is 6.03. The second-order valence-electron chi connectivity index (χ2n) is 5.13. The van der Waals surface area contributed by atoms with Gasteiger partial charge < -0.3 is 10.2 Å². The van der Waals surface area contributed by atoms with E-state index in [0.29, 0.717) is 5.95 Å². The van der Waals surface area contributed by atoms with Crippen LogP contribution in [0.2, 0.25) is 0 Å². The normalized spacial score (nSPS) is 10.4. The van der Waals surface area contributed by atoms with Crippen molar-refractivity contribution in [1.82, 2.24) is 9.97 Å². The summed E-state index contributed by atoms with van der Waals surface area (Å²) < 4.78 is 26.0. The first kappa shape index (κ1) is 16.8. The van der Waals surface area contributed by atoms with Crippen LogP contribution in [0.25, 0.3) is 0 Å². The van der Waals surface area contributed by atoms with Crippen molar-refractivity contribution in [2.75, 3.05) is 23.8 Å². The van der Waals surface area contributed by atoms with Crippen molar-refractivity contribution in [2.24, 2.45) is 0 Å². The second-order valence-corrected chi connectivity index (χ2v) is 5.13. The van der Waals surface area contributed by atoms with Gasteiger partial charge in [0.2, 0.25) is 5.95 Å². The van der Waals surface area contributed by atoms with Gasteiger partial charge in [0.05, 0.1) is 5.56 Å². The van der Waals surface area contributed by atoms with Crippen molar-refractivity contribution in [2.45, 2.75) is 19.8 Å². The van der Waals surface area contributed by atoms with E-state index in [0.717, 1.165) is 31.5 Å². The maximum absolute atomic E-state index is 13.1. The van der Waals surface area contributed by atoms with Crippen molar-refractivity contribution >= 4 is 17.5 Å². The van der Waals surface area contributed by atoms with Gasteiger partial charge in [-0.05, 0) is 18.6 Å². The first-order chi connectivity index (χ1) is 11.0. The van der Waals surface area contributed by atoms with Crippen LogP contribution in [0, 0.1) is 11.6 Å². The van der Waals surface area contributed by atoms with Gasteiger partial charge >= 0.3 is 0 Å². The molecule has 1 heterocycles. The number of unbranched alkanes of at least 4 members (excludes halogenated alkanes) is 1. The molecule has 0 saturated carbocycles. The largest absolute Gasteiger partial charge is 0.344 e. The van der Waals surface area contributed by atoms with Gasteiger partial charge in [-0.15, -0.1) is 0 Å². The summed E-state index contributed by atoms with van der Waals surface area (Å²) in [5.74, 6) is -1.95. The molecule has 0 unspecified atom stereocenters. The molecular formula is C16H18F2N4O. The fourth-order valence-electron chi connectivity index (χ4n) is 1.91. The molecular weight excluding hydrogens is 302 g/mol. The summed E-state index contributed by atoms with van der Waals surface area (Å²) in [5, 5.41) is 2.47. The first-order valence-corrected chi connectivity index (χ1v) is 7.31. The molecule has 0 aliphatic rings. The Labute approximate surface area is 133 Å². The molecule has 5 nitrogen and oxygen atoms in total. The van der Waals surface area contributed by atoms with Crippen LogP contribution in [0.3, 0.4) is 0 Å². The van der Waals surface area contributed by atoms with Crippen LogP contribution in [0.4, 0.5) is 20.4 Å². The van der Waals surface area contributed by atoms with Crippen LogP contribution in [0.15, 0.2) is 30.6 Å². The van der Waals surface area contributed by atoms with E-state index in [-0.39, 0.29) is 11.3 Å². The Morgan fingerprint density at radius 3 is 2.52 bits per heavy atom. The van der Waals surface area contributed by atoms with E-state index in [4.69, 9.17) is 0 Å². The molecule has 2 rings (SSSR count). The zero-order valence-corrected chi connectivity index (χ0v) is 13.0. The van der Waals surface area contributed by atoms with Crippen molar-refractivity contribution < 1.29 is 13.6 Å². The fourth-order valence-corrected chi connectivity index (χ4v) is 1.91. The third-order valence-corrected chi connectivity index (χ3v) is 3.27. The molecule has 1 amide bonds. The molecule has 0 aliphatic carbocycles. The third kappa shape index (κ3) is 4.45. The van der Waals surface area contributed by atoms with Crippen LogP contribution in [-0.4, -0.2) is 29.5 Å². The summed E-state index contributed by atoms with van der Waals surface area (Å²) in [6.07, 6.45) is 4.90. The third-order valence-electron chi connectivity index (χ3n) is 3.27. The lowest BCUT2D eigenvalue weighted by Crippen LogP contribution is -2.21. The molecule has 0 radical (unpaired) electrons. The quantitative estimate of drug-likeness (QED) is 0.888. The zero-order valence-electron chi connectivity index (χ0n) is 13.0. The van der Waals surface area contributed by atoms with Gasteiger partial charge in [-0.25, -0.2) is 18.7 Å². The molecule has 0 spiro atoms. The lowest BCUT2D eigenvalue weighted by molar-refractivity contribution is 0.102. The summed E-state index contributed by atoms with van der Waals surface area (Å²) in [7, 11) is 1.88. The van der Waals surface area contributed by atoms with E-state index in [9.17, 15) is 13.6 Å². The number of benzene rings is 1. The number of anilines is 2. The molecule has 0 aliphatic heterocycles. The number of rotatable bonds is 6. The smallest absolute Gasteiger partial charge is 0.258 e. The SMILES string of the molecule is CCCCN(C)c1ncc(C(=O)Nc2ccc(F)c(F)c2)cn1.